The second-order valence-electron chi connectivity index (χ2n) is 8.19. The summed E-state index contributed by atoms with van der Waals surface area (Å²) in [6.45, 7) is 4.36. The van der Waals surface area contributed by atoms with E-state index in [1.165, 1.54) is 12.3 Å². The van der Waals surface area contributed by atoms with E-state index in [4.69, 9.17) is 0 Å². The number of hydrogen-bond donors (Lipinski definition) is 2. The van der Waals surface area contributed by atoms with Gasteiger partial charge in [0.05, 0.1) is 16.0 Å². The fraction of sp³-hybridized carbons (Fsp3) is 0.200. The molecule has 0 atom stereocenters. The van der Waals surface area contributed by atoms with Crippen LogP contribution in [0.4, 0.5) is 24.5 Å². The van der Waals surface area contributed by atoms with Crippen LogP contribution in [0.5, 0.6) is 0 Å². The van der Waals surface area contributed by atoms with E-state index in [1.807, 2.05) is 44.2 Å². The molecule has 0 radical (unpaired) electrons. The summed E-state index contributed by atoms with van der Waals surface area (Å²) in [7, 11) is -2.55. The molecule has 3 aromatic carbocycles. The first-order valence-corrected chi connectivity index (χ1v) is 12.0. The lowest BCUT2D eigenvalue weighted by molar-refractivity contribution is -0.137. The summed E-state index contributed by atoms with van der Waals surface area (Å²) in [6, 6.07) is 15.1. The molecule has 0 spiro atoms. The molecule has 1 aromatic heterocycles. The average molecular weight is 488 g/mol. The monoisotopic (exact) mass is 487 g/mol. The molecule has 0 aliphatic heterocycles. The molecular weight excluding hydrogens is 463 g/mol. The van der Waals surface area contributed by atoms with Crippen LogP contribution < -0.4 is 10.6 Å². The summed E-state index contributed by atoms with van der Waals surface area (Å²) in [5.74, 6) is 0. The van der Waals surface area contributed by atoms with Crippen LogP contribution in [0.3, 0.4) is 0 Å². The molecule has 0 aliphatic carbocycles. The van der Waals surface area contributed by atoms with E-state index in [-0.39, 0.29) is 0 Å². The van der Waals surface area contributed by atoms with Crippen molar-refractivity contribution in [1.82, 2.24) is 9.29 Å². The van der Waals surface area contributed by atoms with Crippen molar-refractivity contribution in [2.75, 3.05) is 12.4 Å². The third kappa shape index (κ3) is 4.53. The minimum atomic E-state index is -4.65. The van der Waals surface area contributed by atoms with E-state index < -0.39 is 26.7 Å². The van der Waals surface area contributed by atoms with Crippen LogP contribution in [-0.4, -0.2) is 19.4 Å². The van der Waals surface area contributed by atoms with E-state index >= 15 is 0 Å². The molecule has 0 saturated carbocycles. The van der Waals surface area contributed by atoms with Gasteiger partial charge in [0.25, 0.3) is 10.0 Å². The van der Waals surface area contributed by atoms with E-state index in [9.17, 15) is 21.6 Å². The Balaban J connectivity index is 1.85. The third-order valence-electron chi connectivity index (χ3n) is 5.60. The fourth-order valence-corrected chi connectivity index (χ4v) is 5.36. The Hall–Kier alpha value is -3.30. The molecule has 9 heteroatoms. The molecule has 1 heterocycles. The van der Waals surface area contributed by atoms with Crippen LogP contribution in [0.2, 0.25) is 0 Å². The Bertz CT molecular complexity index is 1470. The van der Waals surface area contributed by atoms with Crippen molar-refractivity contribution in [1.29, 1.82) is 0 Å². The number of aryl methyl sites for hydroxylation is 2. The summed E-state index contributed by atoms with van der Waals surface area (Å²) < 4.78 is 67.6. The normalized spacial score (nSPS) is 12.3. The van der Waals surface area contributed by atoms with Gasteiger partial charge in [-0.3, -0.25) is 0 Å². The number of nitrogens with zero attached hydrogens (tertiary/aromatic N) is 1. The zero-order valence-corrected chi connectivity index (χ0v) is 19.7. The number of aromatic nitrogens is 1. The molecule has 0 bridgehead atoms. The smallest absolute Gasteiger partial charge is 0.355 e. The predicted octanol–water partition coefficient (Wildman–Crippen LogP) is 5.98. The summed E-state index contributed by atoms with van der Waals surface area (Å²) >= 11 is 0. The number of hydrogen-bond acceptors (Lipinski definition) is 4. The van der Waals surface area contributed by atoms with Gasteiger partial charge in [-0.15, -0.1) is 0 Å². The predicted molar refractivity (Wildman–Crippen MR) is 128 cm³/mol. The zero-order chi connectivity index (χ0) is 24.7. The summed E-state index contributed by atoms with van der Waals surface area (Å²) in [5, 5.41) is 7.00. The van der Waals surface area contributed by atoms with Crippen molar-refractivity contribution in [3.63, 3.8) is 0 Å². The number of rotatable bonds is 6. The van der Waals surface area contributed by atoms with Crippen molar-refractivity contribution < 1.29 is 21.6 Å². The highest BCUT2D eigenvalue weighted by atomic mass is 32.2. The standard InChI is InChI=1S/C25H24F3N3O2S/c1-16-7-10-23(17(2)11-16)30-20-8-9-22-18(14-29-3)15-31(24(22)13-20)34(32,33)21-6-4-5-19(12-21)25(26,27)28/h4-13,15,29-30H,14H2,1-3H3. The Morgan fingerprint density at radius 3 is 2.41 bits per heavy atom. The summed E-state index contributed by atoms with van der Waals surface area (Å²) in [6.07, 6.45) is -3.19. The van der Waals surface area contributed by atoms with Crippen LogP contribution in [0.15, 0.2) is 71.8 Å². The zero-order valence-electron chi connectivity index (χ0n) is 18.9. The lowest BCUT2D eigenvalue weighted by Gasteiger charge is -2.13. The van der Waals surface area contributed by atoms with Gasteiger partial charge in [-0.25, -0.2) is 12.4 Å². The maximum Gasteiger partial charge on any atom is 0.416 e. The van der Waals surface area contributed by atoms with Gasteiger partial charge in [0.15, 0.2) is 0 Å². The van der Waals surface area contributed by atoms with Gasteiger partial charge in [0, 0.05) is 29.5 Å². The highest BCUT2D eigenvalue weighted by molar-refractivity contribution is 7.90. The van der Waals surface area contributed by atoms with Gasteiger partial charge in [-0.1, -0.05) is 29.8 Å². The Labute approximate surface area is 196 Å². The van der Waals surface area contributed by atoms with Crippen LogP contribution in [0.1, 0.15) is 22.3 Å². The van der Waals surface area contributed by atoms with E-state index in [1.54, 1.807) is 13.1 Å². The summed E-state index contributed by atoms with van der Waals surface area (Å²) in [5.41, 5.74) is 3.76. The molecular formula is C25H24F3N3O2S. The average Bonchev–Trinajstić information content (AvgIpc) is 3.14. The van der Waals surface area contributed by atoms with Gasteiger partial charge in [0.2, 0.25) is 0 Å². The third-order valence-corrected chi connectivity index (χ3v) is 7.27. The van der Waals surface area contributed by atoms with Crippen molar-refractivity contribution in [3.05, 3.63) is 89.1 Å². The second kappa shape index (κ2) is 8.81. The second-order valence-corrected chi connectivity index (χ2v) is 10.0. The van der Waals surface area contributed by atoms with Crippen LogP contribution in [0.25, 0.3) is 10.9 Å². The molecule has 4 rings (SSSR count). The summed E-state index contributed by atoms with van der Waals surface area (Å²) in [4.78, 5) is -0.428. The van der Waals surface area contributed by atoms with Gasteiger partial charge in [-0.2, -0.15) is 13.2 Å². The molecule has 0 aliphatic rings. The lowest BCUT2D eigenvalue weighted by Crippen LogP contribution is -2.14. The number of halogens is 3. The highest BCUT2D eigenvalue weighted by Gasteiger charge is 2.32. The number of benzene rings is 3. The number of anilines is 2. The first-order chi connectivity index (χ1) is 16.0. The fourth-order valence-electron chi connectivity index (χ4n) is 3.93. The van der Waals surface area contributed by atoms with Crippen molar-refractivity contribution in [2.45, 2.75) is 31.5 Å². The van der Waals surface area contributed by atoms with Crippen LogP contribution in [0, 0.1) is 13.8 Å². The van der Waals surface area contributed by atoms with Gasteiger partial charge < -0.3 is 10.6 Å². The van der Waals surface area contributed by atoms with Gasteiger partial charge >= 0.3 is 6.18 Å². The van der Waals surface area contributed by atoms with Crippen molar-refractivity contribution in [2.24, 2.45) is 0 Å². The van der Waals surface area contributed by atoms with Gasteiger partial charge in [-0.05, 0) is 68.4 Å². The quantitative estimate of drug-likeness (QED) is 0.351. The largest absolute Gasteiger partial charge is 0.416 e. The van der Waals surface area contributed by atoms with Gasteiger partial charge in [0.1, 0.15) is 0 Å². The topological polar surface area (TPSA) is 63.1 Å². The Morgan fingerprint density at radius 2 is 1.74 bits per heavy atom. The van der Waals surface area contributed by atoms with Crippen molar-refractivity contribution in [3.8, 4) is 0 Å². The maximum absolute atomic E-state index is 13.5. The first kappa shape index (κ1) is 23.8. The molecule has 5 nitrogen and oxygen atoms in total. The lowest BCUT2D eigenvalue weighted by atomic mass is 10.1. The number of nitrogens with one attached hydrogen (secondary N) is 2. The van der Waals surface area contributed by atoms with E-state index in [0.29, 0.717) is 34.8 Å². The Kier molecular flexibility index (Phi) is 6.18. The van der Waals surface area contributed by atoms with Crippen LogP contribution in [-0.2, 0) is 22.7 Å². The molecule has 178 valence electrons. The molecule has 0 amide bonds. The number of fused-ring (bicyclic) bond motifs is 1. The molecule has 0 fully saturated rings. The maximum atomic E-state index is 13.5. The number of alkyl halides is 3. The molecule has 34 heavy (non-hydrogen) atoms. The molecule has 0 saturated heterocycles. The SMILES string of the molecule is CNCc1cn(S(=O)(=O)c2cccc(C(F)(F)F)c2)c2cc(Nc3ccc(C)cc3C)ccc12. The first-order valence-electron chi connectivity index (χ1n) is 10.6. The van der Waals surface area contributed by atoms with Crippen LogP contribution >= 0.6 is 0 Å². The molecule has 0 unspecified atom stereocenters. The minimum Gasteiger partial charge on any atom is -0.355 e. The minimum absolute atomic E-state index is 0.373. The van der Waals surface area contributed by atoms with E-state index in [2.05, 4.69) is 10.6 Å². The molecule has 4 aromatic rings. The highest BCUT2D eigenvalue weighted by Crippen LogP contribution is 2.33. The van der Waals surface area contributed by atoms with E-state index in [0.717, 1.165) is 32.9 Å². The Morgan fingerprint density at radius 1 is 0.971 bits per heavy atom. The molecule has 2 N–H and O–H groups in total. The van der Waals surface area contributed by atoms with Crippen molar-refractivity contribution >= 4 is 32.3 Å².